The van der Waals surface area contributed by atoms with Crippen molar-refractivity contribution in [1.82, 2.24) is 4.98 Å². The molecule has 2 aliphatic rings. The summed E-state index contributed by atoms with van der Waals surface area (Å²) in [5.74, 6) is 1.36. The minimum absolute atomic E-state index is 0. The first-order valence-corrected chi connectivity index (χ1v) is 10.8. The first-order valence-electron chi connectivity index (χ1n) is 10.8. The van der Waals surface area contributed by atoms with Gasteiger partial charge in [-0.25, -0.2) is 0 Å². The van der Waals surface area contributed by atoms with Gasteiger partial charge in [-0.2, -0.15) is 0 Å². The summed E-state index contributed by atoms with van der Waals surface area (Å²) in [5.41, 5.74) is 3.44. The molecule has 2 atom stereocenters. The van der Waals surface area contributed by atoms with Crippen molar-refractivity contribution in [3.63, 3.8) is 0 Å². The first kappa shape index (κ1) is 23.1. The van der Waals surface area contributed by atoms with Crippen LogP contribution in [0, 0.1) is 17.9 Å². The smallest absolute Gasteiger partial charge is 0.0595 e. The Hall–Kier alpha value is -1.58. The van der Waals surface area contributed by atoms with E-state index in [9.17, 15) is 10.2 Å². The van der Waals surface area contributed by atoms with Crippen molar-refractivity contribution in [2.24, 2.45) is 11.8 Å². The summed E-state index contributed by atoms with van der Waals surface area (Å²) in [6.07, 6.45) is 5.56. The van der Waals surface area contributed by atoms with Crippen LogP contribution >= 0.6 is 0 Å². The molecule has 4 heteroatoms. The van der Waals surface area contributed by atoms with Crippen LogP contribution < -0.4 is 0 Å². The van der Waals surface area contributed by atoms with E-state index in [-0.39, 0.29) is 38.2 Å². The Morgan fingerprint density at radius 1 is 0.900 bits per heavy atom. The van der Waals surface area contributed by atoms with Gasteiger partial charge in [-0.05, 0) is 65.6 Å². The molecule has 3 aromatic rings. The molecule has 2 fully saturated rings. The van der Waals surface area contributed by atoms with Gasteiger partial charge in [0.1, 0.15) is 0 Å². The van der Waals surface area contributed by atoms with Crippen LogP contribution in [0.25, 0.3) is 22.0 Å². The number of hydrogen-bond donors (Lipinski definition) is 2. The van der Waals surface area contributed by atoms with E-state index in [1.807, 2.05) is 24.4 Å². The molecular formula is C26H30IrNO2-. The number of aliphatic hydroxyl groups excluding tert-OH is 2. The predicted molar refractivity (Wildman–Crippen MR) is 118 cm³/mol. The van der Waals surface area contributed by atoms with E-state index < -0.39 is 0 Å². The summed E-state index contributed by atoms with van der Waals surface area (Å²) in [6, 6.07) is 19.8. The molecule has 1 heterocycles. The molecule has 0 spiro atoms. The number of fused-ring (bicyclic) bond motifs is 2. The molecule has 0 bridgehead atoms. The Balaban J connectivity index is 0.000000197. The number of aromatic nitrogens is 1. The fourth-order valence-electron chi connectivity index (χ4n) is 5.06. The second-order valence-corrected chi connectivity index (χ2v) is 8.66. The van der Waals surface area contributed by atoms with E-state index in [2.05, 4.69) is 55.2 Å². The first-order chi connectivity index (χ1) is 14.1. The van der Waals surface area contributed by atoms with E-state index in [4.69, 9.17) is 0 Å². The number of rotatable bonds is 2. The Morgan fingerprint density at radius 3 is 2.23 bits per heavy atom. The van der Waals surface area contributed by atoms with Crippen LogP contribution in [0.3, 0.4) is 0 Å². The normalized spacial score (nSPS) is 24.8. The fraction of sp³-hybridized carbons (Fsp3) is 0.423. The minimum atomic E-state index is -0.206. The monoisotopic (exact) mass is 581 g/mol. The summed E-state index contributed by atoms with van der Waals surface area (Å²) in [4.78, 5) is 4.55. The molecular weight excluding hydrogens is 551 g/mol. The van der Waals surface area contributed by atoms with Crippen LogP contribution in [0.1, 0.15) is 51.0 Å². The number of nitrogens with zero attached hydrogens (tertiary/aromatic N) is 1. The summed E-state index contributed by atoms with van der Waals surface area (Å²) in [7, 11) is 0. The van der Waals surface area contributed by atoms with Gasteiger partial charge in [0.25, 0.3) is 0 Å². The number of benzene rings is 2. The SMILES string of the molecule is CC(C)c1cccc2c(-c3[c-]cccc3)nccc12.OC1CCC2CCC(O)C12.[Ir]. The van der Waals surface area contributed by atoms with Gasteiger partial charge in [-0.1, -0.05) is 32.0 Å². The van der Waals surface area contributed by atoms with Crippen LogP contribution in [0.2, 0.25) is 0 Å². The molecule has 0 amide bonds. The zero-order valence-electron chi connectivity index (χ0n) is 17.6. The molecule has 161 valence electrons. The molecule has 2 aliphatic carbocycles. The summed E-state index contributed by atoms with van der Waals surface area (Å²) >= 11 is 0. The van der Waals surface area contributed by atoms with Crippen molar-refractivity contribution in [2.75, 3.05) is 0 Å². The maximum absolute atomic E-state index is 9.41. The minimum Gasteiger partial charge on any atom is -0.393 e. The zero-order valence-corrected chi connectivity index (χ0v) is 20.0. The Morgan fingerprint density at radius 2 is 1.63 bits per heavy atom. The van der Waals surface area contributed by atoms with E-state index in [1.54, 1.807) is 0 Å². The Labute approximate surface area is 192 Å². The zero-order chi connectivity index (χ0) is 20.4. The summed E-state index contributed by atoms with van der Waals surface area (Å²) in [5, 5.41) is 21.3. The second kappa shape index (κ2) is 10.2. The van der Waals surface area contributed by atoms with Gasteiger partial charge < -0.3 is 15.2 Å². The number of pyridine rings is 1. The van der Waals surface area contributed by atoms with Crippen LogP contribution in [0.15, 0.2) is 54.7 Å². The van der Waals surface area contributed by atoms with Gasteiger partial charge in [-0.15, -0.1) is 35.9 Å². The van der Waals surface area contributed by atoms with Crippen LogP contribution in [-0.2, 0) is 20.1 Å². The molecule has 3 nitrogen and oxygen atoms in total. The van der Waals surface area contributed by atoms with Gasteiger partial charge >= 0.3 is 0 Å². The molecule has 1 aromatic heterocycles. The number of aliphatic hydroxyl groups is 2. The molecule has 2 unspecified atom stereocenters. The van der Waals surface area contributed by atoms with Gasteiger partial charge in [-0.3, -0.25) is 0 Å². The third kappa shape index (κ3) is 4.68. The van der Waals surface area contributed by atoms with Crippen molar-refractivity contribution in [1.29, 1.82) is 0 Å². The third-order valence-corrected chi connectivity index (χ3v) is 6.53. The van der Waals surface area contributed by atoms with Crippen LogP contribution in [0.5, 0.6) is 0 Å². The quantitative estimate of drug-likeness (QED) is 0.402. The predicted octanol–water partition coefficient (Wildman–Crippen LogP) is 5.35. The van der Waals surface area contributed by atoms with Crippen LogP contribution in [-0.4, -0.2) is 27.4 Å². The molecule has 1 radical (unpaired) electrons. The fourth-order valence-corrected chi connectivity index (χ4v) is 5.06. The van der Waals surface area contributed by atoms with Crippen molar-refractivity contribution < 1.29 is 30.3 Å². The number of hydrogen-bond acceptors (Lipinski definition) is 3. The third-order valence-electron chi connectivity index (χ3n) is 6.53. The molecule has 2 saturated carbocycles. The molecule has 5 rings (SSSR count). The van der Waals surface area contributed by atoms with Gasteiger partial charge in [0, 0.05) is 32.2 Å². The van der Waals surface area contributed by atoms with Gasteiger partial charge in [0.2, 0.25) is 0 Å². The Bertz CT molecular complexity index is 946. The van der Waals surface area contributed by atoms with E-state index >= 15 is 0 Å². The maximum atomic E-state index is 9.41. The topological polar surface area (TPSA) is 53.4 Å². The summed E-state index contributed by atoms with van der Waals surface area (Å²) < 4.78 is 0. The van der Waals surface area contributed by atoms with E-state index in [1.165, 1.54) is 16.3 Å². The van der Waals surface area contributed by atoms with Crippen molar-refractivity contribution >= 4 is 10.8 Å². The van der Waals surface area contributed by atoms with Gasteiger partial charge in [0.15, 0.2) is 0 Å². The maximum Gasteiger partial charge on any atom is 0.0595 e. The molecule has 2 aromatic carbocycles. The van der Waals surface area contributed by atoms with E-state index in [0.717, 1.165) is 36.9 Å². The van der Waals surface area contributed by atoms with Gasteiger partial charge in [0.05, 0.1) is 12.2 Å². The second-order valence-electron chi connectivity index (χ2n) is 8.66. The average Bonchev–Trinajstić information content (AvgIpc) is 3.31. The standard InChI is InChI=1S/C18H16N.C8H14O2.Ir/c1-13(2)15-9-6-10-17-16(15)11-12-19-18(17)14-7-4-3-5-8-14;9-6-3-1-5-2-4-7(10)8(5)6;/h3-7,9-13H,1-2H3;5-10H,1-4H2;/q-1;;. The van der Waals surface area contributed by atoms with Crippen molar-refractivity contribution in [3.05, 3.63) is 66.4 Å². The molecule has 2 N–H and O–H groups in total. The van der Waals surface area contributed by atoms with Crippen molar-refractivity contribution in [2.45, 2.75) is 57.7 Å². The van der Waals surface area contributed by atoms with E-state index in [0.29, 0.717) is 11.8 Å². The molecule has 0 aliphatic heterocycles. The van der Waals surface area contributed by atoms with Crippen molar-refractivity contribution in [3.8, 4) is 11.3 Å². The Kier molecular flexibility index (Phi) is 7.81. The summed E-state index contributed by atoms with van der Waals surface area (Å²) in [6.45, 7) is 4.45. The molecule has 30 heavy (non-hydrogen) atoms. The molecule has 0 saturated heterocycles. The average molecular weight is 581 g/mol. The largest absolute Gasteiger partial charge is 0.393 e. The van der Waals surface area contributed by atoms with Crippen LogP contribution in [0.4, 0.5) is 0 Å².